The Kier molecular flexibility index (Phi) is 4.58. The first-order valence-corrected chi connectivity index (χ1v) is 6.34. The van der Waals surface area contributed by atoms with Gasteiger partial charge in [-0.3, -0.25) is 4.72 Å². The zero-order valence-corrected chi connectivity index (χ0v) is 9.46. The summed E-state index contributed by atoms with van der Waals surface area (Å²) in [6, 6.07) is 8.84. The van der Waals surface area contributed by atoms with Crippen LogP contribution in [0, 0.1) is 0 Å². The lowest BCUT2D eigenvalue weighted by Gasteiger charge is -2.06. The van der Waals surface area contributed by atoms with Crippen molar-refractivity contribution in [1.29, 1.82) is 0 Å². The number of benzene rings is 1. The van der Waals surface area contributed by atoms with E-state index in [0.29, 0.717) is 18.7 Å². The van der Waals surface area contributed by atoms with Gasteiger partial charge in [0.05, 0.1) is 5.75 Å². The molecule has 1 N–H and O–H groups in total. The van der Waals surface area contributed by atoms with Crippen molar-refractivity contribution in [2.24, 2.45) is 0 Å². The monoisotopic (exact) mass is 229 g/mol. The van der Waals surface area contributed by atoms with Gasteiger partial charge < -0.3 is 4.74 Å². The Morgan fingerprint density at radius 2 is 1.93 bits per heavy atom. The molecular formula is C10H15NO3S. The van der Waals surface area contributed by atoms with Crippen molar-refractivity contribution in [1.82, 2.24) is 0 Å². The van der Waals surface area contributed by atoms with Gasteiger partial charge in [-0.1, -0.05) is 18.2 Å². The van der Waals surface area contributed by atoms with Crippen molar-refractivity contribution in [3.05, 3.63) is 30.3 Å². The molecule has 0 unspecified atom stereocenters. The first kappa shape index (κ1) is 12.0. The summed E-state index contributed by atoms with van der Waals surface area (Å²) in [6.07, 6.45) is 0.499. The molecule has 0 aliphatic heterocycles. The Balaban J connectivity index is 2.50. The molecule has 15 heavy (non-hydrogen) atoms. The summed E-state index contributed by atoms with van der Waals surface area (Å²) in [5.41, 5.74) is 0.593. The number of ether oxygens (including phenoxy) is 1. The number of sulfonamides is 1. The van der Waals surface area contributed by atoms with Crippen molar-refractivity contribution in [2.45, 2.75) is 6.42 Å². The van der Waals surface area contributed by atoms with Gasteiger partial charge in [-0.05, 0) is 18.6 Å². The summed E-state index contributed by atoms with van der Waals surface area (Å²) in [4.78, 5) is 0. The Labute approximate surface area is 90.3 Å². The first-order chi connectivity index (χ1) is 7.14. The Bertz CT molecular complexity index is 375. The van der Waals surface area contributed by atoms with Crippen molar-refractivity contribution < 1.29 is 13.2 Å². The highest BCUT2D eigenvalue weighted by molar-refractivity contribution is 7.92. The highest BCUT2D eigenvalue weighted by atomic mass is 32.2. The smallest absolute Gasteiger partial charge is 0.232 e. The summed E-state index contributed by atoms with van der Waals surface area (Å²) in [5, 5.41) is 0. The largest absolute Gasteiger partial charge is 0.385 e. The van der Waals surface area contributed by atoms with Crippen LogP contribution in [-0.2, 0) is 14.8 Å². The van der Waals surface area contributed by atoms with Gasteiger partial charge in [0.1, 0.15) is 0 Å². The third kappa shape index (κ3) is 4.80. The molecule has 0 saturated heterocycles. The normalized spacial score (nSPS) is 11.3. The summed E-state index contributed by atoms with van der Waals surface area (Å²) in [6.45, 7) is 0.454. The maximum atomic E-state index is 11.5. The maximum Gasteiger partial charge on any atom is 0.232 e. The summed E-state index contributed by atoms with van der Waals surface area (Å²) < 4.78 is 30.3. The number of para-hydroxylation sites is 1. The SMILES string of the molecule is COCCCS(=O)(=O)Nc1ccccc1. The second-order valence-corrected chi connectivity index (χ2v) is 4.98. The molecule has 0 heterocycles. The molecule has 0 spiro atoms. The number of hydrogen-bond donors (Lipinski definition) is 1. The number of methoxy groups -OCH3 is 1. The molecule has 0 amide bonds. The molecule has 1 aromatic carbocycles. The Morgan fingerprint density at radius 3 is 2.53 bits per heavy atom. The molecule has 0 bridgehead atoms. The molecule has 5 heteroatoms. The number of anilines is 1. The minimum Gasteiger partial charge on any atom is -0.385 e. The van der Waals surface area contributed by atoms with E-state index in [-0.39, 0.29) is 5.75 Å². The fourth-order valence-corrected chi connectivity index (χ4v) is 2.23. The zero-order chi connectivity index (χ0) is 11.1. The van der Waals surface area contributed by atoms with Gasteiger partial charge in [0.15, 0.2) is 0 Å². The minimum absolute atomic E-state index is 0.0791. The Morgan fingerprint density at radius 1 is 1.27 bits per heavy atom. The third-order valence-electron chi connectivity index (χ3n) is 1.81. The van der Waals surface area contributed by atoms with E-state index in [2.05, 4.69) is 4.72 Å². The van der Waals surface area contributed by atoms with Crippen LogP contribution in [0.25, 0.3) is 0 Å². The van der Waals surface area contributed by atoms with Gasteiger partial charge in [-0.2, -0.15) is 0 Å². The number of nitrogens with one attached hydrogen (secondary N) is 1. The van der Waals surface area contributed by atoms with Crippen molar-refractivity contribution in [3.63, 3.8) is 0 Å². The molecule has 1 aromatic rings. The van der Waals surface area contributed by atoms with Crippen molar-refractivity contribution in [2.75, 3.05) is 24.2 Å². The standard InChI is InChI=1S/C10H15NO3S/c1-14-8-5-9-15(12,13)11-10-6-3-2-4-7-10/h2-4,6-7,11H,5,8-9H2,1H3. The molecule has 0 atom stereocenters. The van der Waals surface area contributed by atoms with E-state index in [1.807, 2.05) is 6.07 Å². The highest BCUT2D eigenvalue weighted by Crippen LogP contribution is 2.08. The molecule has 84 valence electrons. The van der Waals surface area contributed by atoms with Crippen molar-refractivity contribution in [3.8, 4) is 0 Å². The van der Waals surface area contributed by atoms with E-state index in [0.717, 1.165) is 0 Å². The van der Waals surface area contributed by atoms with Crippen LogP contribution in [0.5, 0.6) is 0 Å². The molecule has 0 saturated carbocycles. The molecule has 1 rings (SSSR count). The summed E-state index contributed by atoms with van der Waals surface area (Å²) >= 11 is 0. The van der Waals surface area contributed by atoms with Crippen LogP contribution >= 0.6 is 0 Å². The lowest BCUT2D eigenvalue weighted by atomic mass is 10.3. The van der Waals surface area contributed by atoms with Crippen LogP contribution in [-0.4, -0.2) is 27.9 Å². The third-order valence-corrected chi connectivity index (χ3v) is 3.18. The van der Waals surface area contributed by atoms with Crippen LogP contribution in [0.4, 0.5) is 5.69 Å². The fourth-order valence-electron chi connectivity index (χ4n) is 1.13. The van der Waals surface area contributed by atoms with E-state index in [4.69, 9.17) is 4.74 Å². The second-order valence-electron chi connectivity index (χ2n) is 3.13. The van der Waals surface area contributed by atoms with Crippen LogP contribution < -0.4 is 4.72 Å². The summed E-state index contributed by atoms with van der Waals surface area (Å²) in [5.74, 6) is 0.0791. The molecule has 0 fully saturated rings. The quantitative estimate of drug-likeness (QED) is 0.751. The Hall–Kier alpha value is -1.07. The van der Waals surface area contributed by atoms with Gasteiger partial charge in [0.2, 0.25) is 10.0 Å². The van der Waals surface area contributed by atoms with Gasteiger partial charge in [0.25, 0.3) is 0 Å². The molecular weight excluding hydrogens is 214 g/mol. The van der Waals surface area contributed by atoms with Gasteiger partial charge in [-0.25, -0.2) is 8.42 Å². The first-order valence-electron chi connectivity index (χ1n) is 4.68. The molecule has 4 nitrogen and oxygen atoms in total. The van der Waals surface area contributed by atoms with Crippen LogP contribution in [0.1, 0.15) is 6.42 Å². The highest BCUT2D eigenvalue weighted by Gasteiger charge is 2.08. The van der Waals surface area contributed by atoms with E-state index in [1.54, 1.807) is 31.4 Å². The average molecular weight is 229 g/mol. The van der Waals surface area contributed by atoms with Crippen LogP contribution in [0.15, 0.2) is 30.3 Å². The molecule has 0 aromatic heterocycles. The number of rotatable bonds is 6. The zero-order valence-electron chi connectivity index (χ0n) is 8.64. The predicted octanol–water partition coefficient (Wildman–Crippen LogP) is 1.46. The second kappa shape index (κ2) is 5.72. The van der Waals surface area contributed by atoms with Crippen molar-refractivity contribution >= 4 is 15.7 Å². The predicted molar refractivity (Wildman–Crippen MR) is 60.3 cm³/mol. The molecule has 0 aliphatic rings. The summed E-state index contributed by atoms with van der Waals surface area (Å²) in [7, 11) is -1.68. The minimum atomic E-state index is -3.24. The lowest BCUT2D eigenvalue weighted by Crippen LogP contribution is -2.17. The molecule has 0 aliphatic carbocycles. The lowest BCUT2D eigenvalue weighted by molar-refractivity contribution is 0.199. The fraction of sp³-hybridized carbons (Fsp3) is 0.400. The average Bonchev–Trinajstić information content (AvgIpc) is 2.18. The van der Waals surface area contributed by atoms with Crippen LogP contribution in [0.2, 0.25) is 0 Å². The maximum absolute atomic E-state index is 11.5. The van der Waals surface area contributed by atoms with E-state index >= 15 is 0 Å². The molecule has 0 radical (unpaired) electrons. The van der Waals surface area contributed by atoms with Gasteiger partial charge in [0, 0.05) is 19.4 Å². The number of hydrogen-bond acceptors (Lipinski definition) is 3. The van der Waals surface area contributed by atoms with E-state index in [1.165, 1.54) is 0 Å². The van der Waals surface area contributed by atoms with Gasteiger partial charge >= 0.3 is 0 Å². The van der Waals surface area contributed by atoms with E-state index < -0.39 is 10.0 Å². The van der Waals surface area contributed by atoms with Crippen LogP contribution in [0.3, 0.4) is 0 Å². The topological polar surface area (TPSA) is 55.4 Å². The van der Waals surface area contributed by atoms with E-state index in [9.17, 15) is 8.42 Å². The van der Waals surface area contributed by atoms with Gasteiger partial charge in [-0.15, -0.1) is 0 Å².